The van der Waals surface area contributed by atoms with Gasteiger partial charge < -0.3 is 9.84 Å². The number of carboxylic acids is 1. The fourth-order valence-electron chi connectivity index (χ4n) is 1.39. The van der Waals surface area contributed by atoms with Crippen molar-refractivity contribution in [1.29, 1.82) is 0 Å². The molecule has 0 aliphatic rings. The molecule has 0 bridgehead atoms. The van der Waals surface area contributed by atoms with Crippen LogP contribution in [-0.2, 0) is 0 Å². The van der Waals surface area contributed by atoms with Gasteiger partial charge in [0, 0.05) is 4.47 Å². The lowest BCUT2D eigenvalue weighted by molar-refractivity contribution is 0.0697. The molecule has 0 aliphatic carbocycles. The van der Waals surface area contributed by atoms with E-state index in [-0.39, 0.29) is 10.6 Å². The summed E-state index contributed by atoms with van der Waals surface area (Å²) in [6, 6.07) is 9.77. The molecular weight excluding hydrogens is 399 g/mol. The average molecular weight is 406 g/mol. The number of hydrogen-bond acceptors (Lipinski definition) is 2. The van der Waals surface area contributed by atoms with Gasteiger partial charge in [-0.05, 0) is 52.3 Å². The molecule has 0 fully saturated rings. The van der Waals surface area contributed by atoms with Crippen LogP contribution in [-0.4, -0.2) is 11.1 Å². The summed E-state index contributed by atoms with van der Waals surface area (Å²) in [5.74, 6) is -0.0406. The van der Waals surface area contributed by atoms with Gasteiger partial charge in [-0.25, -0.2) is 4.79 Å². The molecule has 0 heterocycles. The van der Waals surface area contributed by atoms with Crippen molar-refractivity contribution in [3.05, 3.63) is 55.9 Å². The second-order valence-electron chi connectivity index (χ2n) is 3.63. The molecule has 0 atom stereocenters. The molecule has 0 aliphatic heterocycles. The van der Waals surface area contributed by atoms with Gasteiger partial charge in [0.05, 0.1) is 15.1 Å². The molecule has 1 N–H and O–H groups in total. The third-order valence-corrected chi connectivity index (χ3v) is 3.70. The molecule has 6 heteroatoms. The van der Waals surface area contributed by atoms with Gasteiger partial charge in [-0.15, -0.1) is 0 Å². The highest BCUT2D eigenvalue weighted by atomic mass is 79.9. The molecule has 2 aromatic rings. The Morgan fingerprint density at radius 1 is 1.11 bits per heavy atom. The molecule has 0 spiro atoms. The first kappa shape index (κ1) is 14.4. The normalized spacial score (nSPS) is 10.3. The minimum atomic E-state index is -1.03. The Bertz CT molecular complexity index is 644. The van der Waals surface area contributed by atoms with E-state index in [1.807, 2.05) is 12.1 Å². The summed E-state index contributed by atoms with van der Waals surface area (Å²) in [4.78, 5) is 10.8. The number of rotatable bonds is 3. The Labute approximate surface area is 131 Å². The topological polar surface area (TPSA) is 46.5 Å². The maximum Gasteiger partial charge on any atom is 0.335 e. The Morgan fingerprint density at radius 2 is 1.79 bits per heavy atom. The molecular formula is C13H7Br2ClO3. The predicted molar refractivity (Wildman–Crippen MR) is 80.3 cm³/mol. The standard InChI is InChI=1S/C13H7Br2ClO3/c14-8-2-4-11(9(15)6-8)19-12-3-1-7(13(17)18)5-10(12)16/h1-6H,(H,17,18). The molecule has 0 radical (unpaired) electrons. The van der Waals surface area contributed by atoms with Gasteiger partial charge in [0.2, 0.25) is 0 Å². The summed E-state index contributed by atoms with van der Waals surface area (Å²) in [6.07, 6.45) is 0. The molecule has 2 aromatic carbocycles. The lowest BCUT2D eigenvalue weighted by Gasteiger charge is -2.10. The van der Waals surface area contributed by atoms with E-state index < -0.39 is 5.97 Å². The molecule has 98 valence electrons. The summed E-state index contributed by atoms with van der Waals surface area (Å²) in [5.41, 5.74) is 0.118. The highest BCUT2D eigenvalue weighted by Crippen LogP contribution is 2.35. The number of aromatic carboxylic acids is 1. The second kappa shape index (κ2) is 5.94. The van der Waals surface area contributed by atoms with Crippen LogP contribution < -0.4 is 4.74 Å². The van der Waals surface area contributed by atoms with E-state index in [9.17, 15) is 4.79 Å². The van der Waals surface area contributed by atoms with Crippen LogP contribution in [0.4, 0.5) is 0 Å². The highest BCUT2D eigenvalue weighted by Gasteiger charge is 2.10. The molecule has 0 aromatic heterocycles. The quantitative estimate of drug-likeness (QED) is 0.747. The van der Waals surface area contributed by atoms with Crippen molar-refractivity contribution in [3.63, 3.8) is 0 Å². The zero-order valence-electron chi connectivity index (χ0n) is 9.36. The smallest absolute Gasteiger partial charge is 0.335 e. The molecule has 0 amide bonds. The van der Waals surface area contributed by atoms with Gasteiger partial charge in [0.15, 0.2) is 0 Å². The Balaban J connectivity index is 2.31. The summed E-state index contributed by atoms with van der Waals surface area (Å²) >= 11 is 12.7. The Morgan fingerprint density at radius 3 is 2.37 bits per heavy atom. The number of hydrogen-bond donors (Lipinski definition) is 1. The first-order chi connectivity index (χ1) is 8.97. The highest BCUT2D eigenvalue weighted by molar-refractivity contribution is 9.11. The Hall–Kier alpha value is -1.04. The molecule has 0 saturated carbocycles. The third kappa shape index (κ3) is 3.49. The van der Waals surface area contributed by atoms with Crippen LogP contribution in [0, 0.1) is 0 Å². The molecule has 3 nitrogen and oxygen atoms in total. The van der Waals surface area contributed by atoms with Crippen molar-refractivity contribution in [2.24, 2.45) is 0 Å². The van der Waals surface area contributed by atoms with Crippen LogP contribution in [0.2, 0.25) is 5.02 Å². The molecule has 0 saturated heterocycles. The fourth-order valence-corrected chi connectivity index (χ4v) is 2.74. The van der Waals surface area contributed by atoms with Crippen molar-refractivity contribution in [2.75, 3.05) is 0 Å². The van der Waals surface area contributed by atoms with Gasteiger partial charge in [-0.2, -0.15) is 0 Å². The zero-order chi connectivity index (χ0) is 14.0. The maximum absolute atomic E-state index is 10.8. The van der Waals surface area contributed by atoms with E-state index in [2.05, 4.69) is 31.9 Å². The number of benzene rings is 2. The lowest BCUT2D eigenvalue weighted by atomic mass is 10.2. The second-order valence-corrected chi connectivity index (χ2v) is 5.80. The van der Waals surface area contributed by atoms with Crippen LogP contribution in [0.3, 0.4) is 0 Å². The van der Waals surface area contributed by atoms with E-state index in [0.717, 1.165) is 8.95 Å². The van der Waals surface area contributed by atoms with E-state index in [0.29, 0.717) is 11.5 Å². The van der Waals surface area contributed by atoms with Crippen molar-refractivity contribution in [3.8, 4) is 11.5 Å². The van der Waals surface area contributed by atoms with Crippen LogP contribution in [0.5, 0.6) is 11.5 Å². The van der Waals surface area contributed by atoms with E-state index >= 15 is 0 Å². The predicted octanol–water partition coefficient (Wildman–Crippen LogP) is 5.36. The summed E-state index contributed by atoms with van der Waals surface area (Å²) < 4.78 is 7.32. The summed E-state index contributed by atoms with van der Waals surface area (Å²) in [6.45, 7) is 0. The summed E-state index contributed by atoms with van der Waals surface area (Å²) in [7, 11) is 0. The van der Waals surface area contributed by atoms with Gasteiger partial charge in [0.1, 0.15) is 11.5 Å². The van der Waals surface area contributed by atoms with Crippen LogP contribution in [0.15, 0.2) is 45.3 Å². The van der Waals surface area contributed by atoms with Gasteiger partial charge in [-0.1, -0.05) is 27.5 Å². The monoisotopic (exact) mass is 404 g/mol. The summed E-state index contributed by atoms with van der Waals surface area (Å²) in [5, 5.41) is 9.10. The van der Waals surface area contributed by atoms with Crippen LogP contribution in [0.25, 0.3) is 0 Å². The Kier molecular flexibility index (Phi) is 4.50. The maximum atomic E-state index is 10.8. The van der Waals surface area contributed by atoms with Gasteiger partial charge >= 0.3 is 5.97 Å². The van der Waals surface area contributed by atoms with Crippen molar-refractivity contribution < 1.29 is 14.6 Å². The fraction of sp³-hybridized carbons (Fsp3) is 0. The number of carbonyl (C=O) groups is 1. The van der Waals surface area contributed by atoms with E-state index in [4.69, 9.17) is 21.4 Å². The SMILES string of the molecule is O=C(O)c1ccc(Oc2ccc(Br)cc2Br)c(Cl)c1. The first-order valence-corrected chi connectivity index (χ1v) is 7.09. The minimum absolute atomic E-state index is 0.118. The van der Waals surface area contributed by atoms with E-state index in [1.165, 1.54) is 18.2 Å². The first-order valence-electron chi connectivity index (χ1n) is 5.13. The molecule has 0 unspecified atom stereocenters. The van der Waals surface area contributed by atoms with Gasteiger partial charge in [-0.3, -0.25) is 0 Å². The molecule has 19 heavy (non-hydrogen) atoms. The van der Waals surface area contributed by atoms with Crippen LogP contribution in [0.1, 0.15) is 10.4 Å². The molecule has 2 rings (SSSR count). The lowest BCUT2D eigenvalue weighted by Crippen LogP contribution is -1.96. The van der Waals surface area contributed by atoms with Gasteiger partial charge in [0.25, 0.3) is 0 Å². The minimum Gasteiger partial charge on any atom is -0.478 e. The third-order valence-electron chi connectivity index (χ3n) is 2.29. The van der Waals surface area contributed by atoms with E-state index in [1.54, 1.807) is 6.07 Å². The van der Waals surface area contributed by atoms with Crippen molar-refractivity contribution in [2.45, 2.75) is 0 Å². The number of ether oxygens (including phenoxy) is 1. The largest absolute Gasteiger partial charge is 0.478 e. The van der Waals surface area contributed by atoms with Crippen molar-refractivity contribution in [1.82, 2.24) is 0 Å². The average Bonchev–Trinajstić information content (AvgIpc) is 2.34. The van der Waals surface area contributed by atoms with Crippen LogP contribution >= 0.6 is 43.5 Å². The zero-order valence-corrected chi connectivity index (χ0v) is 13.3. The number of halogens is 3. The van der Waals surface area contributed by atoms with Crippen molar-refractivity contribution >= 4 is 49.4 Å². The number of carboxylic acid groups (broad SMARTS) is 1.